The lowest BCUT2D eigenvalue weighted by Gasteiger charge is -2.29. The highest BCUT2D eigenvalue weighted by atomic mass is 32.1. The third-order valence-corrected chi connectivity index (χ3v) is 6.69. The molecule has 29 heavy (non-hydrogen) atoms. The molecule has 1 atom stereocenters. The zero-order valence-electron chi connectivity index (χ0n) is 15.8. The zero-order valence-corrected chi connectivity index (χ0v) is 16.6. The van der Waals surface area contributed by atoms with Gasteiger partial charge in [-0.3, -0.25) is 19.7 Å². The molecule has 3 N–H and O–H groups in total. The first-order valence-corrected chi connectivity index (χ1v) is 10.6. The Morgan fingerprint density at radius 3 is 2.97 bits per heavy atom. The van der Waals surface area contributed by atoms with Gasteiger partial charge >= 0.3 is 0 Å². The van der Waals surface area contributed by atoms with Gasteiger partial charge in [0, 0.05) is 49.5 Å². The Kier molecular flexibility index (Phi) is 4.56. The quantitative estimate of drug-likeness (QED) is 0.653. The summed E-state index contributed by atoms with van der Waals surface area (Å²) >= 11 is 1.68. The highest BCUT2D eigenvalue weighted by molar-refractivity contribution is 7.15. The Labute approximate surface area is 171 Å². The predicted molar refractivity (Wildman–Crippen MR) is 107 cm³/mol. The molecular weight excluding hydrogens is 390 g/mol. The van der Waals surface area contributed by atoms with Gasteiger partial charge in [-0.15, -0.1) is 11.3 Å². The van der Waals surface area contributed by atoms with Crippen molar-refractivity contribution in [2.45, 2.75) is 44.9 Å². The molecule has 0 radical (unpaired) electrons. The standard InChI is InChI=1S/C20H21N5O3S/c26-17-4-3-15(18(27)24-17)25-10-12-7-11(1-2-13(12)19(25)28)8-22-20-23-14-5-6-21-9-16(14)29-20/h1-2,7,15,21H,3-6,8-10H2,(H,22,23)(H,24,26,27). The summed E-state index contributed by atoms with van der Waals surface area (Å²) in [5, 5.41) is 9.99. The molecule has 1 fully saturated rings. The van der Waals surface area contributed by atoms with E-state index in [1.807, 2.05) is 18.2 Å². The van der Waals surface area contributed by atoms with Crippen LogP contribution in [0.25, 0.3) is 0 Å². The number of rotatable bonds is 4. The van der Waals surface area contributed by atoms with Crippen molar-refractivity contribution in [1.29, 1.82) is 0 Å². The van der Waals surface area contributed by atoms with E-state index < -0.39 is 6.04 Å². The molecule has 8 nitrogen and oxygen atoms in total. The molecule has 3 aliphatic heterocycles. The van der Waals surface area contributed by atoms with Crippen molar-refractivity contribution in [2.75, 3.05) is 11.9 Å². The molecule has 3 amide bonds. The van der Waals surface area contributed by atoms with Crippen molar-refractivity contribution in [2.24, 2.45) is 0 Å². The van der Waals surface area contributed by atoms with Gasteiger partial charge in [0.25, 0.3) is 5.91 Å². The largest absolute Gasteiger partial charge is 0.357 e. The van der Waals surface area contributed by atoms with E-state index in [4.69, 9.17) is 0 Å². The smallest absolute Gasteiger partial charge is 0.255 e. The number of piperidine rings is 1. The van der Waals surface area contributed by atoms with Crippen molar-refractivity contribution in [1.82, 2.24) is 20.5 Å². The summed E-state index contributed by atoms with van der Waals surface area (Å²) in [6.07, 6.45) is 1.60. The molecule has 0 saturated carbocycles. The summed E-state index contributed by atoms with van der Waals surface area (Å²) in [7, 11) is 0. The fourth-order valence-corrected chi connectivity index (χ4v) is 5.09. The number of anilines is 1. The Hall–Kier alpha value is -2.78. The molecule has 1 aromatic carbocycles. The van der Waals surface area contributed by atoms with Crippen LogP contribution >= 0.6 is 11.3 Å². The molecule has 2 aromatic rings. The molecule has 150 valence electrons. The minimum absolute atomic E-state index is 0.144. The molecule has 1 unspecified atom stereocenters. The first kappa shape index (κ1) is 18.3. The second-order valence-corrected chi connectivity index (χ2v) is 8.64. The first-order valence-electron chi connectivity index (χ1n) is 9.78. The Morgan fingerprint density at radius 2 is 2.14 bits per heavy atom. The maximum atomic E-state index is 12.8. The van der Waals surface area contributed by atoms with Crippen LogP contribution in [0.5, 0.6) is 0 Å². The van der Waals surface area contributed by atoms with E-state index in [1.54, 1.807) is 16.2 Å². The number of nitrogens with zero attached hydrogens (tertiary/aromatic N) is 2. The lowest BCUT2D eigenvalue weighted by Crippen LogP contribution is -2.52. The van der Waals surface area contributed by atoms with Gasteiger partial charge in [0.05, 0.1) is 5.69 Å². The minimum Gasteiger partial charge on any atom is -0.357 e. The Balaban J connectivity index is 1.28. The highest BCUT2D eigenvalue weighted by Gasteiger charge is 2.39. The number of imide groups is 1. The van der Waals surface area contributed by atoms with Crippen LogP contribution in [0.2, 0.25) is 0 Å². The molecule has 9 heteroatoms. The number of carbonyl (C=O) groups is 3. The lowest BCUT2D eigenvalue weighted by atomic mass is 10.0. The van der Waals surface area contributed by atoms with E-state index in [0.717, 1.165) is 35.8 Å². The maximum absolute atomic E-state index is 12.8. The van der Waals surface area contributed by atoms with E-state index in [2.05, 4.69) is 20.9 Å². The van der Waals surface area contributed by atoms with Gasteiger partial charge in [-0.2, -0.15) is 0 Å². The fourth-order valence-electron chi connectivity index (χ4n) is 4.12. The summed E-state index contributed by atoms with van der Waals surface area (Å²) in [5.41, 5.74) is 3.79. The van der Waals surface area contributed by atoms with Crippen LogP contribution < -0.4 is 16.0 Å². The van der Waals surface area contributed by atoms with Gasteiger partial charge in [0.2, 0.25) is 11.8 Å². The van der Waals surface area contributed by atoms with Crippen molar-refractivity contribution in [3.63, 3.8) is 0 Å². The third kappa shape index (κ3) is 3.40. The van der Waals surface area contributed by atoms with Gasteiger partial charge < -0.3 is 15.5 Å². The van der Waals surface area contributed by atoms with Crippen molar-refractivity contribution < 1.29 is 14.4 Å². The second kappa shape index (κ2) is 7.23. The summed E-state index contributed by atoms with van der Waals surface area (Å²) in [6.45, 7) is 2.87. The van der Waals surface area contributed by atoms with E-state index >= 15 is 0 Å². The number of nitrogens with one attached hydrogen (secondary N) is 3. The van der Waals surface area contributed by atoms with Crippen molar-refractivity contribution in [3.05, 3.63) is 45.5 Å². The predicted octanol–water partition coefficient (Wildman–Crippen LogP) is 1.16. The fraction of sp³-hybridized carbons (Fsp3) is 0.400. The molecule has 5 rings (SSSR count). The summed E-state index contributed by atoms with van der Waals surface area (Å²) in [6, 6.07) is 5.20. The molecule has 0 bridgehead atoms. The number of aromatic nitrogens is 1. The normalized spacial score (nSPS) is 21.0. The number of amides is 3. The molecule has 4 heterocycles. The molecule has 0 aliphatic carbocycles. The Bertz CT molecular complexity index is 994. The molecular formula is C20H21N5O3S. The van der Waals surface area contributed by atoms with E-state index in [1.165, 1.54) is 10.6 Å². The van der Waals surface area contributed by atoms with Crippen LogP contribution in [0.3, 0.4) is 0 Å². The van der Waals surface area contributed by atoms with Crippen LogP contribution in [0.4, 0.5) is 5.13 Å². The average Bonchev–Trinajstić information content (AvgIpc) is 3.27. The lowest BCUT2D eigenvalue weighted by molar-refractivity contribution is -0.136. The number of hydrogen-bond donors (Lipinski definition) is 3. The van der Waals surface area contributed by atoms with E-state index in [-0.39, 0.29) is 24.1 Å². The summed E-state index contributed by atoms with van der Waals surface area (Å²) < 4.78 is 0. The number of fused-ring (bicyclic) bond motifs is 2. The van der Waals surface area contributed by atoms with Crippen molar-refractivity contribution in [3.8, 4) is 0 Å². The van der Waals surface area contributed by atoms with Gasteiger partial charge in [0.1, 0.15) is 6.04 Å². The van der Waals surface area contributed by atoms with Crippen LogP contribution in [0.1, 0.15) is 44.9 Å². The van der Waals surface area contributed by atoms with E-state index in [9.17, 15) is 14.4 Å². The zero-order chi connectivity index (χ0) is 20.0. The van der Waals surface area contributed by atoms with E-state index in [0.29, 0.717) is 25.1 Å². The molecule has 3 aliphatic rings. The monoisotopic (exact) mass is 411 g/mol. The third-order valence-electron chi connectivity index (χ3n) is 5.63. The van der Waals surface area contributed by atoms with Gasteiger partial charge in [-0.25, -0.2) is 4.98 Å². The maximum Gasteiger partial charge on any atom is 0.255 e. The number of thiazole rings is 1. The minimum atomic E-state index is -0.579. The SMILES string of the molecule is O=C1CCC(N2Cc3cc(CNc4nc5c(s4)CNCC5)ccc3C2=O)C(=O)N1. The van der Waals surface area contributed by atoms with Crippen LogP contribution in [0, 0.1) is 0 Å². The second-order valence-electron chi connectivity index (χ2n) is 7.56. The molecule has 1 saturated heterocycles. The molecule has 0 spiro atoms. The summed E-state index contributed by atoms with van der Waals surface area (Å²) in [5.74, 6) is -0.802. The number of carbonyl (C=O) groups excluding carboxylic acids is 3. The summed E-state index contributed by atoms with van der Waals surface area (Å²) in [4.78, 5) is 43.8. The van der Waals surface area contributed by atoms with Crippen molar-refractivity contribution >= 4 is 34.2 Å². The highest BCUT2D eigenvalue weighted by Crippen LogP contribution is 2.29. The Morgan fingerprint density at radius 1 is 1.24 bits per heavy atom. The van der Waals surface area contributed by atoms with Gasteiger partial charge in [-0.05, 0) is 23.6 Å². The topological polar surface area (TPSA) is 103 Å². The average molecular weight is 411 g/mol. The first-order chi connectivity index (χ1) is 14.1. The van der Waals surface area contributed by atoms with Crippen LogP contribution in [0.15, 0.2) is 18.2 Å². The van der Waals surface area contributed by atoms with Gasteiger partial charge in [0.15, 0.2) is 5.13 Å². The van der Waals surface area contributed by atoms with Crippen LogP contribution in [-0.2, 0) is 35.6 Å². The number of hydrogen-bond acceptors (Lipinski definition) is 7. The molecule has 1 aromatic heterocycles. The number of benzene rings is 1. The van der Waals surface area contributed by atoms with Gasteiger partial charge in [-0.1, -0.05) is 12.1 Å². The van der Waals surface area contributed by atoms with Crippen LogP contribution in [-0.4, -0.2) is 40.2 Å².